The number of hydrogen-bond donors (Lipinski definition) is 1. The van der Waals surface area contributed by atoms with Crippen LogP contribution in [0.2, 0.25) is 0 Å². The number of nitrogens with zero attached hydrogens (tertiary/aromatic N) is 3. The first-order valence-corrected chi connectivity index (χ1v) is 12.8. The number of rotatable bonds is 7. The number of likely N-dealkylation sites (tertiary alicyclic amines) is 1. The topological polar surface area (TPSA) is 90.4 Å². The second kappa shape index (κ2) is 9.11. The van der Waals surface area contributed by atoms with Crippen LogP contribution in [0.5, 0.6) is 0 Å². The molecule has 8 nitrogen and oxygen atoms in total. The molecule has 4 rings (SSSR count). The number of carbonyl (C=O) groups is 3. The lowest BCUT2D eigenvalue weighted by molar-refractivity contribution is -0.158. The molecule has 0 radical (unpaired) electrons. The first-order chi connectivity index (χ1) is 16.2. The van der Waals surface area contributed by atoms with Gasteiger partial charge < -0.3 is 24.5 Å². The van der Waals surface area contributed by atoms with Crippen molar-refractivity contribution in [1.82, 2.24) is 14.7 Å². The summed E-state index contributed by atoms with van der Waals surface area (Å²) in [6.07, 6.45) is 10.5. The summed E-state index contributed by atoms with van der Waals surface area (Å²) >= 11 is 0. The van der Waals surface area contributed by atoms with Crippen LogP contribution in [0.4, 0.5) is 0 Å². The van der Waals surface area contributed by atoms with Gasteiger partial charge in [-0.2, -0.15) is 0 Å². The van der Waals surface area contributed by atoms with Crippen LogP contribution in [0.3, 0.4) is 0 Å². The normalized spacial score (nSPS) is 36.8. The third-order valence-electron chi connectivity index (χ3n) is 8.42. The average molecular weight is 474 g/mol. The number of likely N-dealkylation sites (N-methyl/N-ethyl adjacent to an activating group) is 1. The van der Waals surface area contributed by atoms with Crippen LogP contribution in [0, 0.1) is 11.8 Å². The summed E-state index contributed by atoms with van der Waals surface area (Å²) in [7, 11) is 1.74. The molecule has 1 spiro atoms. The fourth-order valence-electron chi connectivity index (χ4n) is 6.62. The van der Waals surface area contributed by atoms with E-state index in [0.717, 1.165) is 12.8 Å². The molecule has 3 amide bonds. The van der Waals surface area contributed by atoms with Crippen molar-refractivity contribution in [2.24, 2.45) is 11.8 Å². The molecule has 0 aromatic carbocycles. The maximum Gasteiger partial charge on any atom is 0.249 e. The minimum absolute atomic E-state index is 0.00202. The van der Waals surface area contributed by atoms with Crippen molar-refractivity contribution in [2.45, 2.75) is 82.7 Å². The van der Waals surface area contributed by atoms with Gasteiger partial charge >= 0.3 is 0 Å². The highest BCUT2D eigenvalue weighted by molar-refractivity contribution is 6.00. The summed E-state index contributed by atoms with van der Waals surface area (Å²) < 4.78 is 6.88. The van der Waals surface area contributed by atoms with Gasteiger partial charge in [0.25, 0.3) is 0 Å². The second-order valence-corrected chi connectivity index (χ2v) is 10.3. The zero-order chi connectivity index (χ0) is 24.8. The Hall–Kier alpha value is -2.19. The summed E-state index contributed by atoms with van der Waals surface area (Å²) in [5.74, 6) is -2.12. The Morgan fingerprint density at radius 3 is 2.38 bits per heavy atom. The third-order valence-corrected chi connectivity index (χ3v) is 8.42. The lowest BCUT2D eigenvalue weighted by Gasteiger charge is -2.41. The molecule has 4 heterocycles. The largest absolute Gasteiger partial charge is 0.394 e. The molecular weight excluding hydrogens is 434 g/mol. The standard InChI is InChI=1S/C26H39N3O5/c1-6-11-17(4)28-15-10-13-26-20(23(32)29(18(7-2)16-30)21(26)24(28)33)19-22(31)27(5)14-9-12-25(19,8-3)34-26/h9-10,12-13,17-21,30H,6-8,11,14-16H2,1-5H3/t17?,18-,19-,20-,21?,25+,26-/m0/s1. The Labute approximate surface area is 202 Å². The highest BCUT2D eigenvalue weighted by Gasteiger charge is 2.75. The number of fused-ring (bicyclic) bond motifs is 2. The minimum atomic E-state index is -1.25. The number of ether oxygens (including phenoxy) is 1. The van der Waals surface area contributed by atoms with Gasteiger partial charge in [-0.3, -0.25) is 14.4 Å². The van der Waals surface area contributed by atoms with Crippen LogP contribution in [-0.2, 0) is 19.1 Å². The summed E-state index contributed by atoms with van der Waals surface area (Å²) in [5.41, 5.74) is -2.21. The van der Waals surface area contributed by atoms with Crippen LogP contribution < -0.4 is 0 Å². The van der Waals surface area contributed by atoms with Gasteiger partial charge in [-0.05, 0) is 26.2 Å². The van der Waals surface area contributed by atoms with Crippen molar-refractivity contribution in [2.75, 3.05) is 26.7 Å². The van der Waals surface area contributed by atoms with Crippen molar-refractivity contribution in [1.29, 1.82) is 0 Å². The summed E-state index contributed by atoms with van der Waals surface area (Å²) in [6.45, 7) is 8.61. The molecule has 8 heteroatoms. The van der Waals surface area contributed by atoms with Crippen LogP contribution in [0.25, 0.3) is 0 Å². The quantitative estimate of drug-likeness (QED) is 0.569. The highest BCUT2D eigenvalue weighted by atomic mass is 16.5. The first-order valence-electron chi connectivity index (χ1n) is 12.8. The Morgan fingerprint density at radius 1 is 1.06 bits per heavy atom. The highest BCUT2D eigenvalue weighted by Crippen LogP contribution is 2.59. The molecule has 2 saturated heterocycles. The predicted molar refractivity (Wildman–Crippen MR) is 128 cm³/mol. The number of amides is 3. The molecule has 0 saturated carbocycles. The maximum atomic E-state index is 14.2. The van der Waals surface area contributed by atoms with Gasteiger partial charge in [-0.15, -0.1) is 0 Å². The Kier molecular flexibility index (Phi) is 6.68. The van der Waals surface area contributed by atoms with Gasteiger partial charge in [0, 0.05) is 26.2 Å². The Bertz CT molecular complexity index is 899. The smallest absolute Gasteiger partial charge is 0.249 e. The zero-order valence-electron chi connectivity index (χ0n) is 21.1. The number of carbonyl (C=O) groups excluding carboxylic acids is 3. The molecule has 0 bridgehead atoms. The van der Waals surface area contributed by atoms with Crippen molar-refractivity contribution >= 4 is 17.7 Å². The third kappa shape index (κ3) is 3.36. The van der Waals surface area contributed by atoms with Gasteiger partial charge in [0.1, 0.15) is 11.6 Å². The first kappa shape index (κ1) is 24.9. The van der Waals surface area contributed by atoms with Crippen molar-refractivity contribution < 1.29 is 24.2 Å². The number of hydrogen-bond acceptors (Lipinski definition) is 5. The van der Waals surface area contributed by atoms with Gasteiger partial charge in [0.05, 0.1) is 30.1 Å². The van der Waals surface area contributed by atoms with Crippen LogP contribution in [-0.4, -0.2) is 93.6 Å². The van der Waals surface area contributed by atoms with Crippen LogP contribution in [0.1, 0.15) is 53.4 Å². The van der Waals surface area contributed by atoms with E-state index in [-0.39, 0.29) is 30.4 Å². The van der Waals surface area contributed by atoms with E-state index in [1.165, 1.54) is 0 Å². The summed E-state index contributed by atoms with van der Waals surface area (Å²) in [4.78, 5) is 47.0. The van der Waals surface area contributed by atoms with Gasteiger partial charge in [0.2, 0.25) is 17.7 Å². The van der Waals surface area contributed by atoms with E-state index in [1.807, 2.05) is 50.0 Å². The number of aliphatic hydroxyl groups excluding tert-OH is 1. The second-order valence-electron chi connectivity index (χ2n) is 10.3. The average Bonchev–Trinajstić information content (AvgIpc) is 3.12. The molecule has 4 aliphatic rings. The molecule has 188 valence electrons. The molecule has 4 aliphatic heterocycles. The lowest BCUT2D eigenvalue weighted by Crippen LogP contribution is -2.59. The SMILES string of the molecule is CCCC(C)N1CC=C[C@]23O[C@]4(CC)C=CCN(C)C(=O)[C@@H]4[C@H]2C(=O)N([C@@H](CC)CO)C3C1=O. The van der Waals surface area contributed by atoms with Crippen LogP contribution in [0.15, 0.2) is 24.3 Å². The summed E-state index contributed by atoms with van der Waals surface area (Å²) in [6, 6.07) is -1.43. The van der Waals surface area contributed by atoms with E-state index >= 15 is 0 Å². The summed E-state index contributed by atoms with van der Waals surface area (Å²) in [5, 5.41) is 10.2. The molecule has 2 unspecified atom stereocenters. The van der Waals surface area contributed by atoms with E-state index in [0.29, 0.717) is 25.9 Å². The molecule has 0 aromatic rings. The maximum absolute atomic E-state index is 14.2. The number of aliphatic hydroxyl groups is 1. The van der Waals surface area contributed by atoms with E-state index in [4.69, 9.17) is 4.74 Å². The molecule has 1 N–H and O–H groups in total. The van der Waals surface area contributed by atoms with E-state index in [9.17, 15) is 19.5 Å². The molecular formula is C26H39N3O5. The molecule has 0 aromatic heterocycles. The van der Waals surface area contributed by atoms with E-state index < -0.39 is 35.1 Å². The fraction of sp³-hybridized carbons (Fsp3) is 0.731. The van der Waals surface area contributed by atoms with Gasteiger partial charge in [-0.1, -0.05) is 51.5 Å². The zero-order valence-corrected chi connectivity index (χ0v) is 21.1. The van der Waals surface area contributed by atoms with Crippen LogP contribution >= 0.6 is 0 Å². The lowest BCUT2D eigenvalue weighted by atomic mass is 9.73. The van der Waals surface area contributed by atoms with Crippen molar-refractivity contribution in [3.8, 4) is 0 Å². The monoisotopic (exact) mass is 473 g/mol. The van der Waals surface area contributed by atoms with Gasteiger partial charge in [0.15, 0.2) is 0 Å². The van der Waals surface area contributed by atoms with E-state index in [2.05, 4.69) is 6.92 Å². The molecule has 2 fully saturated rings. The molecule has 7 atom stereocenters. The van der Waals surface area contributed by atoms with Crippen molar-refractivity contribution in [3.63, 3.8) is 0 Å². The Balaban J connectivity index is 1.91. The predicted octanol–water partition coefficient (Wildman–Crippen LogP) is 1.73. The van der Waals surface area contributed by atoms with Crippen molar-refractivity contribution in [3.05, 3.63) is 24.3 Å². The minimum Gasteiger partial charge on any atom is -0.394 e. The Morgan fingerprint density at radius 2 is 1.76 bits per heavy atom. The molecule has 0 aliphatic carbocycles. The van der Waals surface area contributed by atoms with Gasteiger partial charge in [-0.25, -0.2) is 0 Å². The van der Waals surface area contributed by atoms with E-state index in [1.54, 1.807) is 16.8 Å². The molecule has 34 heavy (non-hydrogen) atoms. The fourth-order valence-corrected chi connectivity index (χ4v) is 6.62.